The second kappa shape index (κ2) is 2.59. The maximum absolute atomic E-state index is 11.2. The van der Waals surface area contributed by atoms with Crippen LogP contribution in [-0.2, 0) is 4.79 Å². The molecule has 0 bridgehead atoms. The number of allylic oxidation sites excluding steroid dienone is 4. The second-order valence-corrected chi connectivity index (χ2v) is 4.07. The summed E-state index contributed by atoms with van der Waals surface area (Å²) in [5.74, 6) is 1.21. The van der Waals surface area contributed by atoms with Gasteiger partial charge in [-0.2, -0.15) is 0 Å². The van der Waals surface area contributed by atoms with Gasteiger partial charge in [-0.15, -0.1) is 0 Å². The highest BCUT2D eigenvalue weighted by Crippen LogP contribution is 2.37. The third-order valence-corrected chi connectivity index (χ3v) is 3.50. The summed E-state index contributed by atoms with van der Waals surface area (Å²) in [6, 6.07) is 0. The van der Waals surface area contributed by atoms with Crippen LogP contribution in [0, 0.1) is 11.8 Å². The minimum atomic E-state index is 0.0636. The number of fused-ring (bicyclic) bond motifs is 1. The quantitative estimate of drug-likeness (QED) is 0.563. The van der Waals surface area contributed by atoms with Crippen molar-refractivity contribution in [3.8, 4) is 0 Å². The van der Waals surface area contributed by atoms with Crippen molar-refractivity contribution in [1.82, 2.24) is 0 Å². The van der Waals surface area contributed by atoms with Gasteiger partial charge in [-0.25, -0.2) is 0 Å². The second-order valence-electron chi connectivity index (χ2n) is 3.08. The lowest BCUT2D eigenvalue weighted by molar-refractivity contribution is -0.117. The van der Waals surface area contributed by atoms with Crippen molar-refractivity contribution in [2.24, 2.45) is 11.8 Å². The molecule has 1 fully saturated rings. The van der Waals surface area contributed by atoms with E-state index in [2.05, 4.69) is 28.1 Å². The summed E-state index contributed by atoms with van der Waals surface area (Å²) in [6.45, 7) is 0. The summed E-state index contributed by atoms with van der Waals surface area (Å²) in [5, 5.41) is 0. The van der Waals surface area contributed by atoms with Gasteiger partial charge in [-0.3, -0.25) is 4.79 Å². The molecule has 58 valence electrons. The van der Waals surface area contributed by atoms with Crippen LogP contribution in [0.2, 0.25) is 0 Å². The van der Waals surface area contributed by atoms with Crippen LogP contribution in [0.1, 0.15) is 6.42 Å². The summed E-state index contributed by atoms with van der Waals surface area (Å²) in [5.41, 5.74) is 0. The summed E-state index contributed by atoms with van der Waals surface area (Å²) in [4.78, 5) is 11.3. The standard InChI is InChI=1S/C9H9BrO/c10-9-7-4-2-1-3-6(7)5-8(9)11/h1-4,6-7,9H,5H2/t6?,7?,9-/m0/s1. The van der Waals surface area contributed by atoms with Crippen LogP contribution >= 0.6 is 15.9 Å². The molecule has 0 saturated heterocycles. The van der Waals surface area contributed by atoms with E-state index in [0.717, 1.165) is 0 Å². The highest BCUT2D eigenvalue weighted by molar-refractivity contribution is 9.10. The van der Waals surface area contributed by atoms with Crippen LogP contribution in [0.25, 0.3) is 0 Å². The molecule has 2 aliphatic carbocycles. The molecule has 3 atom stereocenters. The van der Waals surface area contributed by atoms with Crippen molar-refractivity contribution in [2.75, 3.05) is 0 Å². The first kappa shape index (κ1) is 7.29. The van der Waals surface area contributed by atoms with Crippen LogP contribution in [0.15, 0.2) is 24.3 Å². The first-order chi connectivity index (χ1) is 5.29. The van der Waals surface area contributed by atoms with E-state index in [4.69, 9.17) is 0 Å². The largest absolute Gasteiger partial charge is 0.298 e. The van der Waals surface area contributed by atoms with Crippen molar-refractivity contribution in [2.45, 2.75) is 11.2 Å². The van der Waals surface area contributed by atoms with Crippen molar-refractivity contribution in [3.63, 3.8) is 0 Å². The zero-order valence-corrected chi connectivity index (χ0v) is 7.62. The van der Waals surface area contributed by atoms with E-state index in [0.29, 0.717) is 24.0 Å². The van der Waals surface area contributed by atoms with Gasteiger partial charge in [0.05, 0.1) is 4.83 Å². The van der Waals surface area contributed by atoms with Crippen molar-refractivity contribution in [1.29, 1.82) is 0 Å². The Morgan fingerprint density at radius 2 is 2.09 bits per heavy atom. The van der Waals surface area contributed by atoms with Crippen molar-refractivity contribution < 1.29 is 4.79 Å². The molecule has 0 N–H and O–H groups in total. The summed E-state index contributed by atoms with van der Waals surface area (Å²) >= 11 is 3.41. The van der Waals surface area contributed by atoms with E-state index >= 15 is 0 Å². The summed E-state index contributed by atoms with van der Waals surface area (Å²) in [6.07, 6.45) is 9.01. The topological polar surface area (TPSA) is 17.1 Å². The first-order valence-electron chi connectivity index (χ1n) is 3.81. The zero-order chi connectivity index (χ0) is 7.84. The molecule has 0 radical (unpaired) electrons. The van der Waals surface area contributed by atoms with Gasteiger partial charge < -0.3 is 0 Å². The molecule has 1 saturated carbocycles. The fourth-order valence-corrected chi connectivity index (χ4v) is 2.50. The lowest BCUT2D eigenvalue weighted by Gasteiger charge is -2.15. The Balaban J connectivity index is 2.27. The van der Waals surface area contributed by atoms with E-state index in [-0.39, 0.29) is 4.83 Å². The van der Waals surface area contributed by atoms with E-state index in [9.17, 15) is 4.79 Å². The Bertz CT molecular complexity index is 242. The van der Waals surface area contributed by atoms with Gasteiger partial charge in [-0.1, -0.05) is 40.2 Å². The minimum absolute atomic E-state index is 0.0636. The highest BCUT2D eigenvalue weighted by atomic mass is 79.9. The Kier molecular flexibility index (Phi) is 1.72. The number of Topliss-reactive ketones (excluding diaryl/α,β-unsaturated/α-hetero) is 1. The van der Waals surface area contributed by atoms with Crippen LogP contribution < -0.4 is 0 Å². The highest BCUT2D eigenvalue weighted by Gasteiger charge is 2.38. The van der Waals surface area contributed by atoms with Gasteiger partial charge in [0, 0.05) is 12.3 Å². The maximum atomic E-state index is 11.2. The molecule has 2 aliphatic rings. The molecule has 0 heterocycles. The molecule has 2 unspecified atom stereocenters. The zero-order valence-electron chi connectivity index (χ0n) is 6.03. The molecule has 11 heavy (non-hydrogen) atoms. The molecule has 0 aromatic heterocycles. The molecule has 2 heteroatoms. The predicted molar refractivity (Wildman–Crippen MR) is 47.6 cm³/mol. The predicted octanol–water partition coefficient (Wildman–Crippen LogP) is 2.08. The first-order valence-corrected chi connectivity index (χ1v) is 4.72. The molecule has 0 aromatic carbocycles. The van der Waals surface area contributed by atoms with Gasteiger partial charge in [0.15, 0.2) is 0 Å². The maximum Gasteiger partial charge on any atom is 0.147 e. The third kappa shape index (κ3) is 1.09. The summed E-state index contributed by atoms with van der Waals surface area (Å²) < 4.78 is 0. The van der Waals surface area contributed by atoms with E-state index in [1.54, 1.807) is 0 Å². The van der Waals surface area contributed by atoms with E-state index in [1.165, 1.54) is 0 Å². The van der Waals surface area contributed by atoms with Crippen LogP contribution in [-0.4, -0.2) is 10.6 Å². The van der Waals surface area contributed by atoms with E-state index in [1.807, 2.05) is 12.2 Å². The molecular formula is C9H9BrO. The lowest BCUT2D eigenvalue weighted by Crippen LogP contribution is -2.14. The van der Waals surface area contributed by atoms with Gasteiger partial charge in [0.25, 0.3) is 0 Å². The number of hydrogen-bond donors (Lipinski definition) is 0. The fourth-order valence-electron chi connectivity index (χ4n) is 1.75. The lowest BCUT2D eigenvalue weighted by atomic mass is 9.92. The average Bonchev–Trinajstić information content (AvgIpc) is 2.30. The molecular weight excluding hydrogens is 204 g/mol. The molecule has 0 aliphatic heterocycles. The monoisotopic (exact) mass is 212 g/mol. The number of ketones is 1. The van der Waals surface area contributed by atoms with Crippen LogP contribution in [0.4, 0.5) is 0 Å². The van der Waals surface area contributed by atoms with Gasteiger partial charge in [0.2, 0.25) is 0 Å². The number of alkyl halides is 1. The number of rotatable bonds is 0. The third-order valence-electron chi connectivity index (χ3n) is 2.38. The minimum Gasteiger partial charge on any atom is -0.298 e. The van der Waals surface area contributed by atoms with Crippen molar-refractivity contribution >= 4 is 21.7 Å². The fraction of sp³-hybridized carbons (Fsp3) is 0.444. The molecule has 0 amide bonds. The molecule has 0 spiro atoms. The number of halogens is 1. The Hall–Kier alpha value is -0.370. The molecule has 2 rings (SSSR count). The Labute approximate surface area is 74.3 Å². The Morgan fingerprint density at radius 1 is 1.36 bits per heavy atom. The van der Waals surface area contributed by atoms with E-state index < -0.39 is 0 Å². The molecule has 1 nitrogen and oxygen atoms in total. The van der Waals surface area contributed by atoms with Crippen LogP contribution in [0.3, 0.4) is 0 Å². The van der Waals surface area contributed by atoms with Gasteiger partial charge >= 0.3 is 0 Å². The molecule has 0 aromatic rings. The van der Waals surface area contributed by atoms with Crippen molar-refractivity contribution in [3.05, 3.63) is 24.3 Å². The summed E-state index contributed by atoms with van der Waals surface area (Å²) in [7, 11) is 0. The number of carbonyl (C=O) groups excluding carboxylic acids is 1. The van der Waals surface area contributed by atoms with Gasteiger partial charge in [-0.05, 0) is 5.92 Å². The normalized spacial score (nSPS) is 41.2. The number of carbonyl (C=O) groups is 1. The smallest absolute Gasteiger partial charge is 0.147 e. The van der Waals surface area contributed by atoms with Crippen LogP contribution in [0.5, 0.6) is 0 Å². The number of hydrogen-bond acceptors (Lipinski definition) is 1. The SMILES string of the molecule is O=C1CC2C=CC=CC2[C@@H]1Br. The average molecular weight is 213 g/mol. The van der Waals surface area contributed by atoms with Gasteiger partial charge in [0.1, 0.15) is 5.78 Å². The Morgan fingerprint density at radius 3 is 2.82 bits per heavy atom.